The Bertz CT molecular complexity index is 638. The zero-order chi connectivity index (χ0) is 13.0. The van der Waals surface area contributed by atoms with Gasteiger partial charge >= 0.3 is 29.6 Å². The topological polar surface area (TPSA) is 43.4 Å². The molecule has 0 spiro atoms. The summed E-state index contributed by atoms with van der Waals surface area (Å²) in [6, 6.07) is 12.6. The summed E-state index contributed by atoms with van der Waals surface area (Å²) >= 11 is 0. The third-order valence-electron chi connectivity index (χ3n) is 2.76. The summed E-state index contributed by atoms with van der Waals surface area (Å²) in [5, 5.41) is 1.61. The van der Waals surface area contributed by atoms with Crippen molar-refractivity contribution in [1.82, 2.24) is 0 Å². The molecule has 0 unspecified atom stereocenters. The molecule has 0 aliphatic heterocycles. The molecule has 2 aromatic rings. The summed E-state index contributed by atoms with van der Waals surface area (Å²) in [4.78, 5) is 0.247. The second-order valence-electron chi connectivity index (χ2n) is 4.11. The minimum absolute atomic E-state index is 0. The van der Waals surface area contributed by atoms with E-state index in [0.717, 1.165) is 18.2 Å². The van der Waals surface area contributed by atoms with Crippen molar-refractivity contribution in [3.05, 3.63) is 42.5 Å². The molecule has 3 nitrogen and oxygen atoms in total. The van der Waals surface area contributed by atoms with E-state index < -0.39 is 10.1 Å². The average molecular weight is 288 g/mol. The van der Waals surface area contributed by atoms with E-state index in [4.69, 9.17) is 4.18 Å². The molecule has 98 valence electrons. The molecule has 0 saturated carbocycles. The molecule has 2 rings (SSSR count). The molecule has 0 heterocycles. The summed E-state index contributed by atoms with van der Waals surface area (Å²) in [5.41, 5.74) is 0. The van der Waals surface area contributed by atoms with E-state index >= 15 is 0 Å². The van der Waals surface area contributed by atoms with E-state index in [1.807, 2.05) is 31.2 Å². The molecular weight excluding hydrogens is 271 g/mol. The Morgan fingerprint density at radius 2 is 1.79 bits per heavy atom. The number of unbranched alkanes of at least 4 members (excludes halogenated alkanes) is 1. The van der Waals surface area contributed by atoms with Crippen LogP contribution in [0.5, 0.6) is 0 Å². The predicted molar refractivity (Wildman–Crippen MR) is 73.1 cm³/mol. The Hall–Kier alpha value is -0.390. The van der Waals surface area contributed by atoms with Crippen molar-refractivity contribution in [1.29, 1.82) is 0 Å². The quantitative estimate of drug-likeness (QED) is 0.456. The van der Waals surface area contributed by atoms with Crippen LogP contribution in [0.4, 0.5) is 0 Å². The molecule has 0 atom stereocenters. The van der Waals surface area contributed by atoms with Crippen LogP contribution in [-0.2, 0) is 14.3 Å². The minimum atomic E-state index is -3.66. The molecule has 0 radical (unpaired) electrons. The van der Waals surface area contributed by atoms with Gasteiger partial charge in [0.05, 0.1) is 6.61 Å². The van der Waals surface area contributed by atoms with Gasteiger partial charge in [0.25, 0.3) is 10.1 Å². The molecule has 0 aliphatic carbocycles. The summed E-state index contributed by atoms with van der Waals surface area (Å²) in [6.45, 7) is 2.23. The van der Waals surface area contributed by atoms with Gasteiger partial charge in [0.1, 0.15) is 4.90 Å². The molecular formula is C14H17NaO3S. The normalized spacial score (nSPS) is 11.2. The monoisotopic (exact) mass is 288 g/mol. The van der Waals surface area contributed by atoms with E-state index in [9.17, 15) is 8.42 Å². The van der Waals surface area contributed by atoms with Crippen molar-refractivity contribution >= 4 is 20.9 Å². The number of fused-ring (bicyclic) bond motifs is 1. The van der Waals surface area contributed by atoms with Crippen molar-refractivity contribution in [3.63, 3.8) is 0 Å². The van der Waals surface area contributed by atoms with Gasteiger partial charge in [-0.1, -0.05) is 49.7 Å². The molecule has 0 saturated heterocycles. The SMILES string of the molecule is CCCCOS(=O)(=O)c1cccc2ccccc12.[H-].[Na+]. The molecule has 0 aliphatic rings. The first-order valence-electron chi connectivity index (χ1n) is 6.02. The predicted octanol–water partition coefficient (Wildman–Crippen LogP) is 0.462. The molecule has 0 aromatic heterocycles. The van der Waals surface area contributed by atoms with Crippen LogP contribution >= 0.6 is 0 Å². The smallest absolute Gasteiger partial charge is 1.00 e. The number of rotatable bonds is 5. The Labute approximate surface area is 137 Å². The van der Waals surface area contributed by atoms with Crippen molar-refractivity contribution < 1.29 is 43.6 Å². The molecule has 5 heteroatoms. The van der Waals surface area contributed by atoms with Crippen LogP contribution in [0.3, 0.4) is 0 Å². The molecule has 0 amide bonds. The van der Waals surface area contributed by atoms with Crippen LogP contribution in [0, 0.1) is 0 Å². The van der Waals surface area contributed by atoms with E-state index in [0.29, 0.717) is 5.39 Å². The van der Waals surface area contributed by atoms with E-state index in [-0.39, 0.29) is 42.5 Å². The summed E-state index contributed by atoms with van der Waals surface area (Å²) in [5.74, 6) is 0. The van der Waals surface area contributed by atoms with E-state index in [2.05, 4.69) is 0 Å². The standard InChI is InChI=1S/C14H16O3S.Na.H/c1-2-3-11-17-18(15,16)14-10-6-8-12-7-4-5-9-13(12)14;;/h4-10H,2-3,11H2,1H3;;/q;+1;-1. The summed E-state index contributed by atoms with van der Waals surface area (Å²) in [6.07, 6.45) is 1.65. The van der Waals surface area contributed by atoms with Crippen LogP contribution in [-0.4, -0.2) is 15.0 Å². The molecule has 0 bridgehead atoms. The summed E-state index contributed by atoms with van der Waals surface area (Å²) < 4.78 is 29.2. The average Bonchev–Trinajstić information content (AvgIpc) is 2.38. The molecule has 2 aromatic carbocycles. The number of hydrogen-bond donors (Lipinski definition) is 0. The van der Waals surface area contributed by atoms with Gasteiger partial charge in [0, 0.05) is 5.39 Å². The Kier molecular flexibility index (Phi) is 6.50. The van der Waals surface area contributed by atoms with Gasteiger partial charge in [-0.25, -0.2) is 0 Å². The van der Waals surface area contributed by atoms with Crippen molar-refractivity contribution in [2.45, 2.75) is 24.7 Å². The van der Waals surface area contributed by atoms with Crippen LogP contribution in [0.25, 0.3) is 10.8 Å². The van der Waals surface area contributed by atoms with Crippen LogP contribution in [0.15, 0.2) is 47.4 Å². The van der Waals surface area contributed by atoms with Crippen molar-refractivity contribution in [2.24, 2.45) is 0 Å². The van der Waals surface area contributed by atoms with Crippen LogP contribution in [0.1, 0.15) is 21.2 Å². The zero-order valence-corrected chi connectivity index (χ0v) is 14.1. The number of benzene rings is 2. The Morgan fingerprint density at radius 1 is 1.11 bits per heavy atom. The van der Waals surface area contributed by atoms with Gasteiger partial charge in [-0.15, -0.1) is 0 Å². The molecule has 19 heavy (non-hydrogen) atoms. The van der Waals surface area contributed by atoms with Gasteiger partial charge in [-0.2, -0.15) is 8.42 Å². The largest absolute Gasteiger partial charge is 1.00 e. The Morgan fingerprint density at radius 3 is 2.53 bits per heavy atom. The zero-order valence-electron chi connectivity index (χ0n) is 12.3. The fraction of sp³-hybridized carbons (Fsp3) is 0.286. The van der Waals surface area contributed by atoms with Gasteiger partial charge in [-0.05, 0) is 17.9 Å². The maximum atomic E-state index is 12.1. The maximum absolute atomic E-state index is 12.1. The Balaban J connectivity index is 0.00000180. The van der Waals surface area contributed by atoms with Crippen molar-refractivity contribution in [3.8, 4) is 0 Å². The van der Waals surface area contributed by atoms with Gasteiger partial charge in [-0.3, -0.25) is 4.18 Å². The minimum Gasteiger partial charge on any atom is -1.00 e. The number of hydrogen-bond acceptors (Lipinski definition) is 3. The second kappa shape index (κ2) is 7.41. The molecule has 0 fully saturated rings. The fourth-order valence-electron chi connectivity index (χ4n) is 1.79. The van der Waals surface area contributed by atoms with Crippen LogP contribution in [0.2, 0.25) is 0 Å². The fourth-order valence-corrected chi connectivity index (χ4v) is 2.95. The second-order valence-corrected chi connectivity index (χ2v) is 5.69. The first kappa shape index (κ1) is 16.7. The van der Waals surface area contributed by atoms with Crippen LogP contribution < -0.4 is 29.6 Å². The van der Waals surface area contributed by atoms with Gasteiger partial charge in [0.2, 0.25) is 0 Å². The first-order chi connectivity index (χ1) is 8.65. The maximum Gasteiger partial charge on any atom is 1.00 e. The summed E-state index contributed by atoms with van der Waals surface area (Å²) in [7, 11) is -3.66. The third kappa shape index (κ3) is 4.04. The molecule has 0 N–H and O–H groups in total. The van der Waals surface area contributed by atoms with Gasteiger partial charge in [0.15, 0.2) is 0 Å². The third-order valence-corrected chi connectivity index (χ3v) is 4.13. The van der Waals surface area contributed by atoms with E-state index in [1.165, 1.54) is 0 Å². The van der Waals surface area contributed by atoms with Gasteiger partial charge < -0.3 is 1.43 Å². The first-order valence-corrected chi connectivity index (χ1v) is 7.43. The van der Waals surface area contributed by atoms with E-state index in [1.54, 1.807) is 18.2 Å². The van der Waals surface area contributed by atoms with Crippen molar-refractivity contribution in [2.75, 3.05) is 6.61 Å².